The zero-order valence-corrected chi connectivity index (χ0v) is 9.42. The number of rotatable bonds is 7. The minimum atomic E-state index is 0.280. The molecule has 0 fully saturated rings. The van der Waals surface area contributed by atoms with Gasteiger partial charge in [0.2, 0.25) is 0 Å². The van der Waals surface area contributed by atoms with Crippen LogP contribution in [0.1, 0.15) is 34.1 Å². The van der Waals surface area contributed by atoms with Crippen LogP contribution in [0.5, 0.6) is 0 Å². The molecule has 2 heteroatoms. The molecule has 2 nitrogen and oxygen atoms in total. The van der Waals surface area contributed by atoms with E-state index in [4.69, 9.17) is 9.84 Å². The van der Waals surface area contributed by atoms with Gasteiger partial charge < -0.3 is 9.84 Å². The summed E-state index contributed by atoms with van der Waals surface area (Å²) in [5.41, 5.74) is 0. The van der Waals surface area contributed by atoms with Gasteiger partial charge in [-0.3, -0.25) is 0 Å². The van der Waals surface area contributed by atoms with Crippen LogP contribution < -0.4 is 0 Å². The van der Waals surface area contributed by atoms with Crippen molar-refractivity contribution in [1.29, 1.82) is 0 Å². The highest BCUT2D eigenvalue weighted by atomic mass is 16.5. The third kappa shape index (κ3) is 7.03. The summed E-state index contributed by atoms with van der Waals surface area (Å²) >= 11 is 0. The molecule has 80 valence electrons. The molecule has 0 rings (SSSR count). The molecule has 0 aliphatic rings. The summed E-state index contributed by atoms with van der Waals surface area (Å²) in [4.78, 5) is 0. The second-order valence-corrected chi connectivity index (χ2v) is 4.44. The normalized spacial score (nSPS) is 14.1. The summed E-state index contributed by atoms with van der Waals surface area (Å²) < 4.78 is 5.47. The van der Waals surface area contributed by atoms with E-state index in [2.05, 4.69) is 27.7 Å². The van der Waals surface area contributed by atoms with E-state index in [1.54, 1.807) is 0 Å². The zero-order chi connectivity index (χ0) is 10.3. The van der Waals surface area contributed by atoms with Gasteiger partial charge in [-0.1, -0.05) is 27.7 Å². The highest BCUT2D eigenvalue weighted by Gasteiger charge is 2.11. The average molecular weight is 188 g/mol. The van der Waals surface area contributed by atoms with Crippen LogP contribution in [0.4, 0.5) is 0 Å². The van der Waals surface area contributed by atoms with Crippen molar-refractivity contribution in [1.82, 2.24) is 0 Å². The standard InChI is InChI=1S/C11H24O2/c1-9(2)8-13-6-5-11(7-12)10(3)4/h9-12H,5-8H2,1-4H3. The first-order valence-corrected chi connectivity index (χ1v) is 5.26. The lowest BCUT2D eigenvalue weighted by Gasteiger charge is -2.18. The third-order valence-electron chi connectivity index (χ3n) is 2.26. The Balaban J connectivity index is 3.39. The fraction of sp³-hybridized carbons (Fsp3) is 1.00. The lowest BCUT2D eigenvalue weighted by atomic mass is 9.94. The molecule has 13 heavy (non-hydrogen) atoms. The molecule has 1 N–H and O–H groups in total. The Labute approximate surface area is 82.3 Å². The SMILES string of the molecule is CC(C)COCCC(CO)C(C)C. The molecule has 0 aromatic heterocycles. The lowest BCUT2D eigenvalue weighted by molar-refractivity contribution is 0.0782. The Morgan fingerprint density at radius 3 is 2.15 bits per heavy atom. The molecule has 0 aromatic rings. The summed E-state index contributed by atoms with van der Waals surface area (Å²) in [7, 11) is 0. The monoisotopic (exact) mass is 188 g/mol. The molecule has 0 radical (unpaired) electrons. The molecular formula is C11H24O2. The van der Waals surface area contributed by atoms with Crippen LogP contribution in [0.25, 0.3) is 0 Å². The molecule has 0 saturated carbocycles. The van der Waals surface area contributed by atoms with E-state index in [1.807, 2.05) is 0 Å². The van der Waals surface area contributed by atoms with Gasteiger partial charge in [0, 0.05) is 19.8 Å². The Kier molecular flexibility index (Phi) is 7.29. The van der Waals surface area contributed by atoms with Gasteiger partial charge in [-0.2, -0.15) is 0 Å². The van der Waals surface area contributed by atoms with Crippen LogP contribution in [0.3, 0.4) is 0 Å². The Morgan fingerprint density at radius 2 is 1.77 bits per heavy atom. The van der Waals surface area contributed by atoms with E-state index in [9.17, 15) is 0 Å². The summed E-state index contributed by atoms with van der Waals surface area (Å²) in [6.07, 6.45) is 0.973. The first-order chi connectivity index (χ1) is 6.07. The van der Waals surface area contributed by atoms with Crippen LogP contribution in [0.15, 0.2) is 0 Å². The van der Waals surface area contributed by atoms with E-state index < -0.39 is 0 Å². The van der Waals surface area contributed by atoms with Crippen LogP contribution in [0, 0.1) is 17.8 Å². The first kappa shape index (κ1) is 12.9. The van der Waals surface area contributed by atoms with Gasteiger partial charge in [0.25, 0.3) is 0 Å². The van der Waals surface area contributed by atoms with Gasteiger partial charge >= 0.3 is 0 Å². The van der Waals surface area contributed by atoms with E-state index in [1.165, 1.54) is 0 Å². The van der Waals surface area contributed by atoms with Crippen LogP contribution >= 0.6 is 0 Å². The topological polar surface area (TPSA) is 29.5 Å². The molecule has 1 atom stereocenters. The third-order valence-corrected chi connectivity index (χ3v) is 2.26. The fourth-order valence-corrected chi connectivity index (χ4v) is 1.19. The summed E-state index contributed by atoms with van der Waals surface area (Å²) in [6.45, 7) is 10.5. The molecule has 0 aliphatic heterocycles. The first-order valence-electron chi connectivity index (χ1n) is 5.26. The molecule has 0 aliphatic carbocycles. The van der Waals surface area contributed by atoms with Crippen molar-refractivity contribution in [3.63, 3.8) is 0 Å². The maximum absolute atomic E-state index is 9.05. The van der Waals surface area contributed by atoms with E-state index >= 15 is 0 Å². The highest BCUT2D eigenvalue weighted by molar-refractivity contribution is 4.61. The molecule has 1 unspecified atom stereocenters. The van der Waals surface area contributed by atoms with E-state index in [0.29, 0.717) is 17.8 Å². The number of hydrogen-bond acceptors (Lipinski definition) is 2. The second kappa shape index (κ2) is 7.34. The largest absolute Gasteiger partial charge is 0.396 e. The average Bonchev–Trinajstić information content (AvgIpc) is 2.03. The van der Waals surface area contributed by atoms with Gasteiger partial charge in [0.05, 0.1) is 0 Å². The van der Waals surface area contributed by atoms with Gasteiger partial charge in [0.1, 0.15) is 0 Å². The number of hydrogen-bond donors (Lipinski definition) is 1. The molecule has 0 bridgehead atoms. The molecular weight excluding hydrogens is 164 g/mol. The predicted octanol–water partition coefficient (Wildman–Crippen LogP) is 2.31. The van der Waals surface area contributed by atoms with Gasteiger partial charge in [-0.25, -0.2) is 0 Å². The van der Waals surface area contributed by atoms with Crippen LogP contribution in [-0.2, 0) is 4.74 Å². The van der Waals surface area contributed by atoms with Crippen molar-refractivity contribution in [3.05, 3.63) is 0 Å². The van der Waals surface area contributed by atoms with Crippen molar-refractivity contribution in [2.24, 2.45) is 17.8 Å². The Morgan fingerprint density at radius 1 is 1.15 bits per heavy atom. The minimum absolute atomic E-state index is 0.280. The number of aliphatic hydroxyl groups is 1. The van der Waals surface area contributed by atoms with Crippen LogP contribution in [0.2, 0.25) is 0 Å². The van der Waals surface area contributed by atoms with Crippen molar-refractivity contribution in [2.45, 2.75) is 34.1 Å². The van der Waals surface area contributed by atoms with Gasteiger partial charge in [-0.05, 0) is 24.2 Å². The summed E-state index contributed by atoms with van der Waals surface area (Å²) in [5.74, 6) is 1.55. The van der Waals surface area contributed by atoms with Gasteiger partial charge in [0.15, 0.2) is 0 Å². The van der Waals surface area contributed by atoms with Crippen molar-refractivity contribution in [2.75, 3.05) is 19.8 Å². The van der Waals surface area contributed by atoms with Crippen LogP contribution in [-0.4, -0.2) is 24.9 Å². The van der Waals surface area contributed by atoms with E-state index in [-0.39, 0.29) is 6.61 Å². The smallest absolute Gasteiger partial charge is 0.0488 e. The second-order valence-electron chi connectivity index (χ2n) is 4.44. The molecule has 0 amide bonds. The van der Waals surface area contributed by atoms with E-state index in [0.717, 1.165) is 19.6 Å². The maximum Gasteiger partial charge on any atom is 0.0488 e. The maximum atomic E-state index is 9.05. The summed E-state index contributed by atoms with van der Waals surface area (Å²) in [5, 5.41) is 9.05. The lowest BCUT2D eigenvalue weighted by Crippen LogP contribution is -2.16. The molecule has 0 heterocycles. The molecule has 0 saturated heterocycles. The van der Waals surface area contributed by atoms with Crippen molar-refractivity contribution >= 4 is 0 Å². The molecule has 0 aromatic carbocycles. The Bertz CT molecular complexity index is 111. The summed E-state index contributed by atoms with van der Waals surface area (Å²) in [6, 6.07) is 0. The molecule has 0 spiro atoms. The fourth-order valence-electron chi connectivity index (χ4n) is 1.19. The zero-order valence-electron chi connectivity index (χ0n) is 9.42. The van der Waals surface area contributed by atoms with Gasteiger partial charge in [-0.15, -0.1) is 0 Å². The minimum Gasteiger partial charge on any atom is -0.396 e. The number of ether oxygens (including phenoxy) is 1. The van der Waals surface area contributed by atoms with Crippen molar-refractivity contribution < 1.29 is 9.84 Å². The van der Waals surface area contributed by atoms with Crippen molar-refractivity contribution in [3.8, 4) is 0 Å². The highest BCUT2D eigenvalue weighted by Crippen LogP contribution is 2.14. The predicted molar refractivity (Wildman–Crippen MR) is 55.7 cm³/mol. The Hall–Kier alpha value is -0.0800. The quantitative estimate of drug-likeness (QED) is 0.621. The number of aliphatic hydroxyl groups excluding tert-OH is 1.